The van der Waals surface area contributed by atoms with E-state index in [2.05, 4.69) is 23.4 Å². The third-order valence-corrected chi connectivity index (χ3v) is 4.70. The summed E-state index contributed by atoms with van der Waals surface area (Å²) in [5.41, 5.74) is 1.68. The van der Waals surface area contributed by atoms with Gasteiger partial charge in [-0.1, -0.05) is 18.2 Å². The highest BCUT2D eigenvalue weighted by Crippen LogP contribution is 2.40. The molecule has 4 nitrogen and oxygen atoms in total. The second-order valence-electron chi connectivity index (χ2n) is 5.76. The Morgan fingerprint density at radius 3 is 2.68 bits per heavy atom. The normalized spacial score (nSPS) is 18.3. The molecule has 1 aromatic carbocycles. The summed E-state index contributed by atoms with van der Waals surface area (Å²) in [5, 5.41) is 0.561. The van der Waals surface area contributed by atoms with Crippen LogP contribution in [0.4, 0.5) is 0 Å². The minimum Gasteiger partial charge on any atom is -0.496 e. The van der Waals surface area contributed by atoms with Crippen molar-refractivity contribution >= 4 is 17.3 Å². The van der Waals surface area contributed by atoms with Gasteiger partial charge in [0.1, 0.15) is 11.5 Å². The first-order valence-electron chi connectivity index (χ1n) is 7.50. The van der Waals surface area contributed by atoms with E-state index >= 15 is 0 Å². The molecular formula is C17H25ClN2O2. The largest absolute Gasteiger partial charge is 0.496 e. The molecule has 22 heavy (non-hydrogen) atoms. The van der Waals surface area contributed by atoms with Gasteiger partial charge in [0.2, 0.25) is 0 Å². The fourth-order valence-corrected chi connectivity index (χ4v) is 3.24. The van der Waals surface area contributed by atoms with Gasteiger partial charge in [0.15, 0.2) is 0 Å². The van der Waals surface area contributed by atoms with Crippen LogP contribution in [0.5, 0.6) is 11.5 Å². The summed E-state index contributed by atoms with van der Waals surface area (Å²) in [4.78, 5) is 4.55. The van der Waals surface area contributed by atoms with E-state index < -0.39 is 0 Å². The molecule has 0 spiro atoms. The predicted octanol–water partition coefficient (Wildman–Crippen LogP) is 3.35. The summed E-state index contributed by atoms with van der Waals surface area (Å²) in [6.45, 7) is 6.33. The molecule has 2 rings (SSSR count). The second-order valence-corrected chi connectivity index (χ2v) is 6.17. The van der Waals surface area contributed by atoms with E-state index in [0.29, 0.717) is 16.8 Å². The van der Waals surface area contributed by atoms with Gasteiger partial charge in [-0.2, -0.15) is 0 Å². The van der Waals surface area contributed by atoms with Crippen LogP contribution in [0.1, 0.15) is 18.4 Å². The number of rotatable bonds is 6. The van der Waals surface area contributed by atoms with E-state index in [4.69, 9.17) is 21.1 Å². The Kier molecular flexibility index (Phi) is 5.59. The highest BCUT2D eigenvalue weighted by Gasteiger charge is 2.25. The lowest BCUT2D eigenvalue weighted by Crippen LogP contribution is -2.35. The molecule has 122 valence electrons. The van der Waals surface area contributed by atoms with Gasteiger partial charge in [0.25, 0.3) is 0 Å². The fourth-order valence-electron chi connectivity index (χ4n) is 3.01. The van der Waals surface area contributed by atoms with E-state index in [1.807, 2.05) is 13.1 Å². The molecule has 5 heteroatoms. The quantitative estimate of drug-likeness (QED) is 0.801. The van der Waals surface area contributed by atoms with Gasteiger partial charge < -0.3 is 19.3 Å². The molecule has 1 fully saturated rings. The van der Waals surface area contributed by atoms with E-state index in [0.717, 1.165) is 30.1 Å². The molecule has 1 unspecified atom stereocenters. The van der Waals surface area contributed by atoms with Gasteiger partial charge in [-0.3, -0.25) is 0 Å². The molecule has 0 radical (unpaired) electrons. The Labute approximate surface area is 138 Å². The van der Waals surface area contributed by atoms with Gasteiger partial charge in [0, 0.05) is 25.3 Å². The maximum Gasteiger partial charge on any atom is 0.150 e. The predicted molar refractivity (Wildman–Crippen MR) is 91.9 cm³/mol. The van der Waals surface area contributed by atoms with Crippen molar-refractivity contribution in [2.75, 3.05) is 41.4 Å². The van der Waals surface area contributed by atoms with Gasteiger partial charge in [-0.25, -0.2) is 0 Å². The first-order chi connectivity index (χ1) is 10.5. The Bertz CT molecular complexity index is 548. The first-order valence-corrected chi connectivity index (χ1v) is 7.88. The van der Waals surface area contributed by atoms with Crippen LogP contribution in [-0.4, -0.2) is 57.2 Å². The Balaban J connectivity index is 2.26. The summed E-state index contributed by atoms with van der Waals surface area (Å²) in [6.07, 6.45) is 2.48. The first kappa shape index (κ1) is 17.0. The smallest absolute Gasteiger partial charge is 0.150 e. The number of likely N-dealkylation sites (N-methyl/N-ethyl adjacent to an activating group) is 2. The van der Waals surface area contributed by atoms with Crippen molar-refractivity contribution in [1.82, 2.24) is 9.80 Å². The van der Waals surface area contributed by atoms with Crippen LogP contribution >= 0.6 is 11.6 Å². The van der Waals surface area contributed by atoms with Crippen molar-refractivity contribution in [3.63, 3.8) is 0 Å². The zero-order valence-corrected chi connectivity index (χ0v) is 14.6. The summed E-state index contributed by atoms with van der Waals surface area (Å²) in [5.74, 6) is 1.33. The number of halogens is 1. The highest BCUT2D eigenvalue weighted by molar-refractivity contribution is 6.32. The molecule has 0 aromatic heterocycles. The minimum absolute atomic E-state index is 0.554. The van der Waals surface area contributed by atoms with Gasteiger partial charge in [-0.15, -0.1) is 0 Å². The Hall–Kier alpha value is -1.39. The molecule has 1 heterocycles. The van der Waals surface area contributed by atoms with E-state index in [1.165, 1.54) is 12.8 Å². The Morgan fingerprint density at radius 2 is 2.14 bits per heavy atom. The van der Waals surface area contributed by atoms with Crippen LogP contribution in [0, 0.1) is 0 Å². The van der Waals surface area contributed by atoms with E-state index in [-0.39, 0.29) is 0 Å². The zero-order chi connectivity index (χ0) is 16.3. The molecule has 1 aliphatic heterocycles. The number of methoxy groups -OCH3 is 2. The highest BCUT2D eigenvalue weighted by atomic mass is 35.5. The zero-order valence-electron chi connectivity index (χ0n) is 13.9. The van der Waals surface area contributed by atoms with Crippen molar-refractivity contribution in [2.24, 2.45) is 0 Å². The topological polar surface area (TPSA) is 24.9 Å². The molecule has 0 N–H and O–H groups in total. The molecular weight excluding hydrogens is 300 g/mol. The summed E-state index contributed by atoms with van der Waals surface area (Å²) >= 11 is 6.25. The number of hydrogen-bond acceptors (Lipinski definition) is 4. The lowest BCUT2D eigenvalue weighted by atomic mass is 10.1. The van der Waals surface area contributed by atoms with Crippen molar-refractivity contribution in [3.05, 3.63) is 29.3 Å². The van der Waals surface area contributed by atoms with Gasteiger partial charge in [-0.05, 0) is 38.6 Å². The number of benzene rings is 1. The van der Waals surface area contributed by atoms with Crippen LogP contribution in [0.25, 0.3) is 5.70 Å². The lowest BCUT2D eigenvalue weighted by molar-refractivity contribution is 0.262. The molecule has 1 aromatic rings. The van der Waals surface area contributed by atoms with Crippen LogP contribution in [0.15, 0.2) is 18.7 Å². The number of nitrogens with zero attached hydrogens (tertiary/aromatic N) is 2. The fraction of sp³-hybridized carbons (Fsp3) is 0.529. The molecule has 1 aliphatic rings. The van der Waals surface area contributed by atoms with Crippen molar-refractivity contribution in [3.8, 4) is 11.5 Å². The third-order valence-electron chi connectivity index (χ3n) is 4.40. The summed E-state index contributed by atoms with van der Waals surface area (Å²) < 4.78 is 10.9. The average molecular weight is 325 g/mol. The van der Waals surface area contributed by atoms with Crippen molar-refractivity contribution < 1.29 is 9.47 Å². The second kappa shape index (κ2) is 7.25. The number of likely N-dealkylation sites (tertiary alicyclic amines) is 1. The standard InChI is InChI=1S/C17H25ClN2O2/c1-12(20(3)11-13-7-6-10-19(13)2)16-15(21-4)9-8-14(18)17(16)22-5/h8-9,13H,1,6-7,10-11H2,2-5H3. The van der Waals surface area contributed by atoms with E-state index in [1.54, 1.807) is 20.3 Å². The summed E-state index contributed by atoms with van der Waals surface area (Å²) in [6, 6.07) is 4.18. The monoisotopic (exact) mass is 324 g/mol. The van der Waals surface area contributed by atoms with Crippen LogP contribution in [0.3, 0.4) is 0 Å². The van der Waals surface area contributed by atoms with Crippen molar-refractivity contribution in [1.29, 1.82) is 0 Å². The molecule has 0 saturated carbocycles. The molecule has 1 saturated heterocycles. The van der Waals surface area contributed by atoms with Crippen LogP contribution < -0.4 is 9.47 Å². The van der Waals surface area contributed by atoms with Crippen LogP contribution in [-0.2, 0) is 0 Å². The third kappa shape index (κ3) is 3.33. The minimum atomic E-state index is 0.554. The SMILES string of the molecule is C=C(c1c(OC)ccc(Cl)c1OC)N(C)CC1CCCN1C. The number of ether oxygens (including phenoxy) is 2. The number of hydrogen-bond donors (Lipinski definition) is 0. The lowest BCUT2D eigenvalue weighted by Gasteiger charge is -2.30. The molecule has 0 aliphatic carbocycles. The van der Waals surface area contributed by atoms with Crippen LogP contribution in [0.2, 0.25) is 5.02 Å². The Morgan fingerprint density at radius 1 is 1.41 bits per heavy atom. The maximum atomic E-state index is 6.25. The average Bonchev–Trinajstić information content (AvgIpc) is 2.91. The van der Waals surface area contributed by atoms with Gasteiger partial charge >= 0.3 is 0 Å². The summed E-state index contributed by atoms with van der Waals surface area (Å²) in [7, 11) is 7.48. The molecule has 0 amide bonds. The van der Waals surface area contributed by atoms with Crippen molar-refractivity contribution in [2.45, 2.75) is 18.9 Å². The molecule has 0 bridgehead atoms. The van der Waals surface area contributed by atoms with E-state index in [9.17, 15) is 0 Å². The van der Waals surface area contributed by atoms with Gasteiger partial charge in [0.05, 0.1) is 24.8 Å². The maximum absolute atomic E-state index is 6.25. The molecule has 1 atom stereocenters.